The Balaban J connectivity index is 1.91. The van der Waals surface area contributed by atoms with Crippen molar-refractivity contribution in [2.75, 3.05) is 24.6 Å². The molecule has 2 aromatic rings. The molecule has 1 aliphatic heterocycles. The van der Waals surface area contributed by atoms with Gasteiger partial charge in [-0.05, 0) is 50.1 Å². The number of aliphatic hydroxyl groups excluding tert-OH is 1. The number of fused-ring (bicyclic) bond motifs is 1. The number of para-hydroxylation sites is 1. The molecular weight excluding hydrogens is 448 g/mol. The lowest BCUT2D eigenvalue weighted by molar-refractivity contribution is -0.113. The fourth-order valence-corrected chi connectivity index (χ4v) is 5.19. The van der Waals surface area contributed by atoms with Gasteiger partial charge in [0.25, 0.3) is 10.0 Å². The first kappa shape index (κ1) is 24.0. The number of rotatable bonds is 8. The fourth-order valence-electron chi connectivity index (χ4n) is 3.66. The maximum atomic E-state index is 13.3. The van der Waals surface area contributed by atoms with Crippen molar-refractivity contribution in [3.05, 3.63) is 64.9 Å². The Bertz CT molecular complexity index is 1250. The van der Waals surface area contributed by atoms with E-state index in [0.717, 1.165) is 11.6 Å². The van der Waals surface area contributed by atoms with Gasteiger partial charge in [-0.1, -0.05) is 18.2 Å². The lowest BCUT2D eigenvalue weighted by Gasteiger charge is -2.20. The van der Waals surface area contributed by atoms with Gasteiger partial charge in [0, 0.05) is 12.3 Å². The lowest BCUT2D eigenvalue weighted by atomic mass is 10.1. The Morgan fingerprint density at radius 1 is 1.15 bits per heavy atom. The molecule has 0 amide bonds. The number of methoxy groups -OCH3 is 1. The Labute approximate surface area is 191 Å². The number of nitrogens with zero attached hydrogens (tertiary/aromatic N) is 1. The van der Waals surface area contributed by atoms with Crippen LogP contribution in [0.5, 0.6) is 5.75 Å². The first-order valence-corrected chi connectivity index (χ1v) is 11.5. The number of ketones is 1. The molecule has 10 heteroatoms. The molecule has 1 aliphatic rings. The van der Waals surface area contributed by atoms with Crippen LogP contribution in [0.4, 0.5) is 5.69 Å². The minimum atomic E-state index is -3.96. The maximum absolute atomic E-state index is 13.3. The first-order chi connectivity index (χ1) is 15.6. The molecule has 3 rings (SSSR count). The molecule has 0 fully saturated rings. The van der Waals surface area contributed by atoms with Crippen molar-refractivity contribution < 1.29 is 32.6 Å². The van der Waals surface area contributed by atoms with Gasteiger partial charge in [-0.3, -0.25) is 9.10 Å². The van der Waals surface area contributed by atoms with Gasteiger partial charge in [0.1, 0.15) is 23.7 Å². The topological polar surface area (TPSA) is 134 Å². The smallest absolute Gasteiger partial charge is 0.342 e. The number of Topliss-reactive ketones (excluding diaryl/α,β-unsaturated/α-hetero) is 1. The molecule has 0 bridgehead atoms. The predicted molar refractivity (Wildman–Crippen MR) is 122 cm³/mol. The zero-order chi connectivity index (χ0) is 24.3. The van der Waals surface area contributed by atoms with Gasteiger partial charge in [0.05, 0.1) is 23.3 Å². The summed E-state index contributed by atoms with van der Waals surface area (Å²) in [4.78, 5) is 24.2. The highest BCUT2D eigenvalue weighted by Crippen LogP contribution is 2.34. The Morgan fingerprint density at radius 3 is 2.48 bits per heavy atom. The van der Waals surface area contributed by atoms with Crippen molar-refractivity contribution in [2.24, 2.45) is 0 Å². The molecular formula is C23H24N2O7S. The highest BCUT2D eigenvalue weighted by atomic mass is 32.2. The number of nitrogens with one attached hydrogen (secondary N) is 1. The van der Waals surface area contributed by atoms with E-state index in [1.807, 2.05) is 12.1 Å². The van der Waals surface area contributed by atoms with Crippen LogP contribution in [0.25, 0.3) is 0 Å². The van der Waals surface area contributed by atoms with E-state index in [0.29, 0.717) is 12.1 Å². The second kappa shape index (κ2) is 9.45. The number of esters is 1. The number of sulfonamides is 1. The van der Waals surface area contributed by atoms with Crippen molar-refractivity contribution >= 4 is 33.2 Å². The van der Waals surface area contributed by atoms with Crippen molar-refractivity contribution in [3.63, 3.8) is 0 Å². The summed E-state index contributed by atoms with van der Waals surface area (Å²) < 4.78 is 38.1. The SMILES string of the molecule is COc1ccc(S(=O)(=O)N2CCc3ccccc32)cc1C(=O)OC/C(O)=C(\C(C)=N)C(C)=O. The summed E-state index contributed by atoms with van der Waals surface area (Å²) in [6.45, 7) is 2.12. The third-order valence-corrected chi connectivity index (χ3v) is 6.99. The van der Waals surface area contributed by atoms with Crippen LogP contribution in [-0.4, -0.2) is 51.2 Å². The number of ether oxygens (including phenoxy) is 2. The zero-order valence-corrected chi connectivity index (χ0v) is 19.2. The average molecular weight is 473 g/mol. The van der Waals surface area contributed by atoms with Gasteiger partial charge < -0.3 is 20.0 Å². The van der Waals surface area contributed by atoms with E-state index in [9.17, 15) is 23.1 Å². The van der Waals surface area contributed by atoms with E-state index < -0.39 is 34.1 Å². The molecule has 0 spiro atoms. The molecule has 0 aromatic heterocycles. The summed E-state index contributed by atoms with van der Waals surface area (Å²) in [6.07, 6.45) is 0.580. The lowest BCUT2D eigenvalue weighted by Crippen LogP contribution is -2.29. The summed E-state index contributed by atoms with van der Waals surface area (Å²) in [5.41, 5.74) is 0.923. The van der Waals surface area contributed by atoms with E-state index in [1.54, 1.807) is 12.1 Å². The van der Waals surface area contributed by atoms with Crippen LogP contribution < -0.4 is 9.04 Å². The minimum Gasteiger partial charge on any atom is -0.508 e. The van der Waals surface area contributed by atoms with Crippen molar-refractivity contribution in [2.45, 2.75) is 25.2 Å². The number of carbonyl (C=O) groups excluding carboxylic acids is 2. The van der Waals surface area contributed by atoms with Crippen molar-refractivity contribution in [3.8, 4) is 5.75 Å². The van der Waals surface area contributed by atoms with Gasteiger partial charge in [0.2, 0.25) is 0 Å². The van der Waals surface area contributed by atoms with E-state index in [4.69, 9.17) is 14.9 Å². The first-order valence-electron chi connectivity index (χ1n) is 10.0. The number of hydrogen-bond acceptors (Lipinski definition) is 8. The number of allylic oxidation sites excluding steroid dienone is 1. The number of aliphatic hydroxyl groups is 1. The van der Waals surface area contributed by atoms with Gasteiger partial charge in [0.15, 0.2) is 5.78 Å². The molecule has 2 N–H and O–H groups in total. The van der Waals surface area contributed by atoms with E-state index in [1.165, 1.54) is 37.4 Å². The predicted octanol–water partition coefficient (Wildman–Crippen LogP) is 3.04. The van der Waals surface area contributed by atoms with E-state index >= 15 is 0 Å². The largest absolute Gasteiger partial charge is 0.508 e. The normalized spacial score (nSPS) is 13.7. The maximum Gasteiger partial charge on any atom is 0.342 e. The second-order valence-corrected chi connectivity index (χ2v) is 9.26. The van der Waals surface area contributed by atoms with Gasteiger partial charge >= 0.3 is 5.97 Å². The van der Waals surface area contributed by atoms with Crippen molar-refractivity contribution in [1.82, 2.24) is 0 Å². The number of anilines is 1. The molecule has 33 heavy (non-hydrogen) atoms. The summed E-state index contributed by atoms with van der Waals surface area (Å²) in [7, 11) is -2.64. The Kier molecular flexibility index (Phi) is 6.87. The van der Waals surface area contributed by atoms with Crippen LogP contribution in [0.2, 0.25) is 0 Å². The van der Waals surface area contributed by atoms with Crippen LogP contribution in [-0.2, 0) is 26.0 Å². The van der Waals surface area contributed by atoms with Crippen LogP contribution >= 0.6 is 0 Å². The molecule has 174 valence electrons. The van der Waals surface area contributed by atoms with Crippen molar-refractivity contribution in [1.29, 1.82) is 5.41 Å². The van der Waals surface area contributed by atoms with Crippen LogP contribution in [0.3, 0.4) is 0 Å². The third kappa shape index (κ3) is 4.75. The Morgan fingerprint density at radius 2 is 1.85 bits per heavy atom. The standard InChI is InChI=1S/C23H24N2O7S/c1-14(24)22(15(2)26)20(27)13-32-23(28)18-12-17(8-9-21(18)31-3)33(29,30)25-11-10-16-6-4-5-7-19(16)25/h4-9,12,24,27H,10-11,13H2,1-3H3/b22-20-,24-14?. The summed E-state index contributed by atoms with van der Waals surface area (Å²) in [5.74, 6) is -1.99. The molecule has 0 aliphatic carbocycles. The molecule has 0 radical (unpaired) electrons. The van der Waals surface area contributed by atoms with Crippen LogP contribution in [0.1, 0.15) is 29.8 Å². The highest BCUT2D eigenvalue weighted by molar-refractivity contribution is 7.92. The average Bonchev–Trinajstić information content (AvgIpc) is 3.21. The molecule has 0 saturated heterocycles. The monoisotopic (exact) mass is 472 g/mol. The molecule has 0 atom stereocenters. The number of hydrogen-bond donors (Lipinski definition) is 2. The van der Waals surface area contributed by atoms with Gasteiger partial charge in [-0.2, -0.15) is 0 Å². The molecule has 9 nitrogen and oxygen atoms in total. The minimum absolute atomic E-state index is 0.0827. The van der Waals surface area contributed by atoms with Crippen LogP contribution in [0, 0.1) is 5.41 Å². The quantitative estimate of drug-likeness (QED) is 0.261. The summed E-state index contributed by atoms with van der Waals surface area (Å²) in [5, 5.41) is 17.7. The number of carbonyl (C=O) groups is 2. The van der Waals surface area contributed by atoms with Gasteiger partial charge in [-0.15, -0.1) is 0 Å². The van der Waals surface area contributed by atoms with Crippen LogP contribution in [0.15, 0.2) is 58.7 Å². The number of benzene rings is 2. The molecule has 0 saturated carbocycles. The highest BCUT2D eigenvalue weighted by Gasteiger charge is 2.32. The van der Waals surface area contributed by atoms with E-state index in [2.05, 4.69) is 0 Å². The summed E-state index contributed by atoms with van der Waals surface area (Å²) in [6, 6.07) is 11.1. The zero-order valence-electron chi connectivity index (χ0n) is 18.4. The molecule has 0 unspecified atom stereocenters. The third-order valence-electron chi connectivity index (χ3n) is 5.18. The van der Waals surface area contributed by atoms with E-state index in [-0.39, 0.29) is 34.0 Å². The second-order valence-electron chi connectivity index (χ2n) is 7.40. The van der Waals surface area contributed by atoms with Gasteiger partial charge in [-0.25, -0.2) is 13.2 Å². The fraction of sp³-hybridized carbons (Fsp3) is 0.261. The Hall–Kier alpha value is -3.66. The molecule has 2 aromatic carbocycles. The summed E-state index contributed by atoms with van der Waals surface area (Å²) >= 11 is 0. The molecule has 1 heterocycles.